The summed E-state index contributed by atoms with van der Waals surface area (Å²) in [7, 11) is 0. The Balaban J connectivity index is 1.53. The highest BCUT2D eigenvalue weighted by Crippen LogP contribution is 2.16. The smallest absolute Gasteiger partial charge is 0.260 e. The van der Waals surface area contributed by atoms with Crippen molar-refractivity contribution in [1.29, 1.82) is 0 Å². The topological polar surface area (TPSA) is 70.6 Å². The Morgan fingerprint density at radius 2 is 1.93 bits per heavy atom. The van der Waals surface area contributed by atoms with Gasteiger partial charge in [-0.15, -0.1) is 0 Å². The second-order valence-corrected chi connectivity index (χ2v) is 6.70. The standard InChI is InChI=1S/C20H27N5O2/c1-4-21-18-13-16(3)22-20(23-18)25-10-8-24(9-11-25)19(26)14-27-17-7-5-6-15(2)12-17/h5-7,12-13H,4,8-11,14H2,1-3H3,(H,21,22,23). The van der Waals surface area contributed by atoms with Gasteiger partial charge in [0.25, 0.3) is 5.91 Å². The molecule has 1 aromatic heterocycles. The predicted molar refractivity (Wildman–Crippen MR) is 106 cm³/mol. The van der Waals surface area contributed by atoms with Crippen LogP contribution in [-0.4, -0.2) is 60.1 Å². The van der Waals surface area contributed by atoms with Crippen LogP contribution in [0, 0.1) is 13.8 Å². The van der Waals surface area contributed by atoms with Crippen LogP contribution in [0.25, 0.3) is 0 Å². The van der Waals surface area contributed by atoms with Gasteiger partial charge in [-0.3, -0.25) is 4.79 Å². The zero-order valence-corrected chi connectivity index (χ0v) is 16.2. The van der Waals surface area contributed by atoms with E-state index in [2.05, 4.69) is 20.2 Å². The van der Waals surface area contributed by atoms with Crippen LogP contribution >= 0.6 is 0 Å². The number of carbonyl (C=O) groups is 1. The van der Waals surface area contributed by atoms with E-state index in [-0.39, 0.29) is 12.5 Å². The zero-order chi connectivity index (χ0) is 19.2. The molecule has 0 atom stereocenters. The van der Waals surface area contributed by atoms with Crippen molar-refractivity contribution in [3.05, 3.63) is 41.6 Å². The number of nitrogens with one attached hydrogen (secondary N) is 1. The van der Waals surface area contributed by atoms with Crippen molar-refractivity contribution in [2.45, 2.75) is 20.8 Å². The highest BCUT2D eigenvalue weighted by atomic mass is 16.5. The van der Waals surface area contributed by atoms with E-state index in [0.717, 1.165) is 29.4 Å². The summed E-state index contributed by atoms with van der Waals surface area (Å²) in [6.07, 6.45) is 0. The number of benzene rings is 1. The highest BCUT2D eigenvalue weighted by Gasteiger charge is 2.23. The van der Waals surface area contributed by atoms with Crippen LogP contribution in [0.2, 0.25) is 0 Å². The summed E-state index contributed by atoms with van der Waals surface area (Å²) in [5, 5.41) is 3.23. The largest absolute Gasteiger partial charge is 0.484 e. The van der Waals surface area contributed by atoms with Crippen molar-refractivity contribution < 1.29 is 9.53 Å². The van der Waals surface area contributed by atoms with Crippen molar-refractivity contribution in [3.63, 3.8) is 0 Å². The Kier molecular flexibility index (Phi) is 6.11. The summed E-state index contributed by atoms with van der Waals surface area (Å²) < 4.78 is 5.63. The molecule has 0 bridgehead atoms. The molecule has 1 amide bonds. The average molecular weight is 369 g/mol. The number of rotatable bonds is 6. The molecule has 1 aliphatic rings. The van der Waals surface area contributed by atoms with Crippen molar-refractivity contribution in [3.8, 4) is 5.75 Å². The molecular formula is C20H27N5O2. The van der Waals surface area contributed by atoms with Crippen LogP contribution in [0.3, 0.4) is 0 Å². The van der Waals surface area contributed by atoms with Crippen LogP contribution in [0.1, 0.15) is 18.2 Å². The van der Waals surface area contributed by atoms with Crippen LogP contribution in [0.5, 0.6) is 5.75 Å². The normalized spacial score (nSPS) is 14.2. The number of piperazine rings is 1. The Morgan fingerprint density at radius 1 is 1.15 bits per heavy atom. The first-order chi connectivity index (χ1) is 13.0. The maximum atomic E-state index is 12.4. The fourth-order valence-electron chi connectivity index (χ4n) is 3.06. The van der Waals surface area contributed by atoms with Crippen molar-refractivity contribution >= 4 is 17.7 Å². The van der Waals surface area contributed by atoms with Gasteiger partial charge in [0.15, 0.2) is 6.61 Å². The molecular weight excluding hydrogens is 342 g/mol. The molecule has 1 fully saturated rings. The lowest BCUT2D eigenvalue weighted by molar-refractivity contribution is -0.133. The minimum atomic E-state index is 0.00894. The maximum absolute atomic E-state index is 12.4. The summed E-state index contributed by atoms with van der Waals surface area (Å²) in [6.45, 7) is 9.61. The summed E-state index contributed by atoms with van der Waals surface area (Å²) >= 11 is 0. The number of anilines is 2. The molecule has 1 saturated heterocycles. The molecule has 1 aliphatic heterocycles. The Labute approximate surface area is 160 Å². The Bertz CT molecular complexity index is 788. The third kappa shape index (κ3) is 5.09. The lowest BCUT2D eigenvalue weighted by Crippen LogP contribution is -2.50. The molecule has 7 heteroatoms. The van der Waals surface area contributed by atoms with E-state index in [4.69, 9.17) is 4.74 Å². The number of hydrogen-bond acceptors (Lipinski definition) is 6. The zero-order valence-electron chi connectivity index (χ0n) is 16.2. The Morgan fingerprint density at radius 3 is 2.63 bits per heavy atom. The van der Waals surface area contributed by atoms with Crippen LogP contribution in [0.15, 0.2) is 30.3 Å². The molecule has 1 N–H and O–H groups in total. The maximum Gasteiger partial charge on any atom is 0.260 e. The summed E-state index contributed by atoms with van der Waals surface area (Å²) in [5.74, 6) is 2.29. The van der Waals surface area contributed by atoms with E-state index in [1.807, 2.05) is 56.0 Å². The third-order valence-electron chi connectivity index (χ3n) is 4.47. The predicted octanol–water partition coefficient (Wildman–Crippen LogP) is 2.25. The van der Waals surface area contributed by atoms with Crippen LogP contribution < -0.4 is 15.0 Å². The molecule has 0 saturated carbocycles. The highest BCUT2D eigenvalue weighted by molar-refractivity contribution is 5.78. The van der Waals surface area contributed by atoms with Crippen molar-refractivity contribution in [2.24, 2.45) is 0 Å². The van der Waals surface area contributed by atoms with E-state index in [1.165, 1.54) is 0 Å². The van der Waals surface area contributed by atoms with Crippen molar-refractivity contribution in [1.82, 2.24) is 14.9 Å². The lowest BCUT2D eigenvalue weighted by atomic mass is 10.2. The third-order valence-corrected chi connectivity index (χ3v) is 4.47. The number of hydrogen-bond donors (Lipinski definition) is 1. The fraction of sp³-hybridized carbons (Fsp3) is 0.450. The number of aromatic nitrogens is 2. The summed E-state index contributed by atoms with van der Waals surface area (Å²) in [6, 6.07) is 9.67. The molecule has 0 aliphatic carbocycles. The molecule has 0 unspecified atom stereocenters. The van der Waals surface area contributed by atoms with E-state index in [1.54, 1.807) is 0 Å². The summed E-state index contributed by atoms with van der Waals surface area (Å²) in [5.41, 5.74) is 2.05. The van der Waals surface area contributed by atoms with E-state index in [0.29, 0.717) is 32.1 Å². The molecule has 7 nitrogen and oxygen atoms in total. The minimum Gasteiger partial charge on any atom is -0.484 e. The Hall–Kier alpha value is -2.83. The number of aryl methyl sites for hydroxylation is 2. The fourth-order valence-corrected chi connectivity index (χ4v) is 3.06. The molecule has 27 heavy (non-hydrogen) atoms. The first kappa shape index (κ1) is 18.9. The van der Waals surface area contributed by atoms with Crippen LogP contribution in [0.4, 0.5) is 11.8 Å². The van der Waals surface area contributed by atoms with E-state index >= 15 is 0 Å². The van der Waals surface area contributed by atoms with Gasteiger partial charge in [0.05, 0.1) is 0 Å². The second kappa shape index (κ2) is 8.70. The number of amides is 1. The van der Waals surface area contributed by atoms with Gasteiger partial charge < -0.3 is 19.9 Å². The van der Waals surface area contributed by atoms with Gasteiger partial charge in [-0.25, -0.2) is 4.98 Å². The first-order valence-corrected chi connectivity index (χ1v) is 9.37. The average Bonchev–Trinajstić information content (AvgIpc) is 2.66. The van der Waals surface area contributed by atoms with E-state index in [9.17, 15) is 4.79 Å². The molecule has 2 heterocycles. The van der Waals surface area contributed by atoms with E-state index < -0.39 is 0 Å². The number of ether oxygens (including phenoxy) is 1. The second-order valence-electron chi connectivity index (χ2n) is 6.70. The monoisotopic (exact) mass is 369 g/mol. The molecule has 1 aromatic carbocycles. The van der Waals surface area contributed by atoms with Gasteiger partial charge >= 0.3 is 0 Å². The lowest BCUT2D eigenvalue weighted by Gasteiger charge is -2.34. The van der Waals surface area contributed by atoms with Gasteiger partial charge in [0, 0.05) is 44.5 Å². The van der Waals surface area contributed by atoms with Gasteiger partial charge in [-0.2, -0.15) is 4.98 Å². The van der Waals surface area contributed by atoms with Gasteiger partial charge in [0.1, 0.15) is 11.6 Å². The van der Waals surface area contributed by atoms with Crippen LogP contribution in [-0.2, 0) is 4.79 Å². The van der Waals surface area contributed by atoms with Crippen molar-refractivity contribution in [2.75, 3.05) is 49.5 Å². The quantitative estimate of drug-likeness (QED) is 0.842. The van der Waals surface area contributed by atoms with Gasteiger partial charge in [-0.05, 0) is 38.5 Å². The molecule has 144 valence electrons. The SMILES string of the molecule is CCNc1cc(C)nc(N2CCN(C(=O)COc3cccc(C)c3)CC2)n1. The van der Waals surface area contributed by atoms with Gasteiger partial charge in [0.2, 0.25) is 5.95 Å². The molecule has 3 rings (SSSR count). The molecule has 2 aromatic rings. The number of carbonyl (C=O) groups excluding carboxylic acids is 1. The minimum absolute atomic E-state index is 0.00894. The summed E-state index contributed by atoms with van der Waals surface area (Å²) in [4.78, 5) is 25.5. The molecule has 0 radical (unpaired) electrons. The van der Waals surface area contributed by atoms with Gasteiger partial charge in [-0.1, -0.05) is 12.1 Å². The molecule has 0 spiro atoms. The first-order valence-electron chi connectivity index (χ1n) is 9.37. The number of nitrogens with zero attached hydrogens (tertiary/aromatic N) is 4.